The number of fused-ring (bicyclic) bond motifs is 1. The van der Waals surface area contributed by atoms with Gasteiger partial charge in [0.05, 0.1) is 0 Å². The predicted octanol–water partition coefficient (Wildman–Crippen LogP) is 5.23. The minimum absolute atomic E-state index is 0.653. The van der Waals surface area contributed by atoms with E-state index in [4.69, 9.17) is 4.42 Å². The van der Waals surface area contributed by atoms with Gasteiger partial charge < -0.3 is 9.32 Å². The molecule has 0 aliphatic rings. The van der Waals surface area contributed by atoms with Gasteiger partial charge in [0.25, 0.3) is 0 Å². The van der Waals surface area contributed by atoms with Crippen molar-refractivity contribution in [2.75, 3.05) is 19.0 Å². The smallest absolute Gasteiger partial charge is 0.227 e. The van der Waals surface area contributed by atoms with Crippen LogP contribution in [0, 0.1) is 0 Å². The number of oxazole rings is 1. The average Bonchev–Trinajstić information content (AvgIpc) is 3.06. The van der Waals surface area contributed by atoms with Crippen LogP contribution in [0.5, 0.6) is 0 Å². The molecule has 0 saturated heterocycles. The number of rotatable bonds is 3. The summed E-state index contributed by atoms with van der Waals surface area (Å²) in [6.07, 6.45) is 0. The SMILES string of the molecule is CN(C)c1ccc(-c2nc3cc(-c4ccccc4)ccc3o2)cc1. The van der Waals surface area contributed by atoms with Gasteiger partial charge in [0.2, 0.25) is 5.89 Å². The number of hydrogen-bond donors (Lipinski definition) is 0. The molecule has 1 heterocycles. The lowest BCUT2D eigenvalue weighted by atomic mass is 10.1. The van der Waals surface area contributed by atoms with Gasteiger partial charge in [-0.05, 0) is 47.5 Å². The summed E-state index contributed by atoms with van der Waals surface area (Å²) in [5, 5.41) is 0. The van der Waals surface area contributed by atoms with Gasteiger partial charge in [0, 0.05) is 25.3 Å². The minimum atomic E-state index is 0.653. The van der Waals surface area contributed by atoms with Crippen molar-refractivity contribution in [1.29, 1.82) is 0 Å². The Labute approximate surface area is 141 Å². The first-order valence-electron chi connectivity index (χ1n) is 7.94. The van der Waals surface area contributed by atoms with E-state index in [1.165, 1.54) is 5.56 Å². The van der Waals surface area contributed by atoms with Crippen LogP contribution in [0.25, 0.3) is 33.7 Å². The predicted molar refractivity (Wildman–Crippen MR) is 99.2 cm³/mol. The Balaban J connectivity index is 1.73. The number of nitrogens with zero attached hydrogens (tertiary/aromatic N) is 2. The number of aromatic nitrogens is 1. The summed E-state index contributed by atoms with van der Waals surface area (Å²) >= 11 is 0. The van der Waals surface area contributed by atoms with Crippen molar-refractivity contribution < 1.29 is 4.42 Å². The zero-order valence-corrected chi connectivity index (χ0v) is 13.7. The quantitative estimate of drug-likeness (QED) is 0.518. The van der Waals surface area contributed by atoms with Gasteiger partial charge in [-0.15, -0.1) is 0 Å². The highest BCUT2D eigenvalue weighted by Gasteiger charge is 2.09. The summed E-state index contributed by atoms with van der Waals surface area (Å²) in [6.45, 7) is 0. The van der Waals surface area contributed by atoms with E-state index in [1.807, 2.05) is 50.5 Å². The van der Waals surface area contributed by atoms with E-state index in [1.54, 1.807) is 0 Å². The third-order valence-electron chi connectivity index (χ3n) is 4.13. The molecule has 0 N–H and O–H groups in total. The first kappa shape index (κ1) is 14.5. The molecule has 4 aromatic rings. The lowest BCUT2D eigenvalue weighted by Gasteiger charge is -2.11. The summed E-state index contributed by atoms with van der Waals surface area (Å²) in [5.74, 6) is 0.653. The zero-order valence-electron chi connectivity index (χ0n) is 13.7. The third-order valence-corrected chi connectivity index (χ3v) is 4.13. The molecule has 0 aliphatic heterocycles. The van der Waals surface area contributed by atoms with E-state index in [0.29, 0.717) is 5.89 Å². The van der Waals surface area contributed by atoms with Crippen LogP contribution in [-0.2, 0) is 0 Å². The fourth-order valence-corrected chi connectivity index (χ4v) is 2.76. The molecule has 3 heteroatoms. The lowest BCUT2D eigenvalue weighted by Crippen LogP contribution is -2.07. The maximum Gasteiger partial charge on any atom is 0.227 e. The van der Waals surface area contributed by atoms with Crippen molar-refractivity contribution in [3.05, 3.63) is 72.8 Å². The molecule has 0 fully saturated rings. The molecule has 24 heavy (non-hydrogen) atoms. The topological polar surface area (TPSA) is 29.3 Å². The van der Waals surface area contributed by atoms with E-state index in [0.717, 1.165) is 27.9 Å². The van der Waals surface area contributed by atoms with Crippen LogP contribution >= 0.6 is 0 Å². The Hall–Kier alpha value is -3.07. The fraction of sp³-hybridized carbons (Fsp3) is 0.0952. The van der Waals surface area contributed by atoms with Crippen molar-refractivity contribution in [1.82, 2.24) is 4.98 Å². The third kappa shape index (κ3) is 2.65. The summed E-state index contributed by atoms with van der Waals surface area (Å²) in [6, 6.07) is 24.7. The van der Waals surface area contributed by atoms with E-state index in [-0.39, 0.29) is 0 Å². The normalized spacial score (nSPS) is 10.9. The second-order valence-electron chi connectivity index (χ2n) is 6.01. The molecule has 3 aromatic carbocycles. The average molecular weight is 314 g/mol. The molecule has 0 saturated carbocycles. The number of hydrogen-bond acceptors (Lipinski definition) is 3. The van der Waals surface area contributed by atoms with Gasteiger partial charge in [-0.2, -0.15) is 0 Å². The van der Waals surface area contributed by atoms with E-state index in [2.05, 4.69) is 46.3 Å². The van der Waals surface area contributed by atoms with Gasteiger partial charge >= 0.3 is 0 Å². The second-order valence-corrected chi connectivity index (χ2v) is 6.01. The summed E-state index contributed by atoms with van der Waals surface area (Å²) in [4.78, 5) is 6.73. The zero-order chi connectivity index (χ0) is 16.5. The Morgan fingerprint density at radius 3 is 2.17 bits per heavy atom. The first-order chi connectivity index (χ1) is 11.7. The van der Waals surface area contributed by atoms with Gasteiger partial charge in [-0.1, -0.05) is 36.4 Å². The summed E-state index contributed by atoms with van der Waals surface area (Å²) in [7, 11) is 4.05. The summed E-state index contributed by atoms with van der Waals surface area (Å²) < 4.78 is 5.92. The molecule has 0 amide bonds. The van der Waals surface area contributed by atoms with Crippen LogP contribution in [0.2, 0.25) is 0 Å². The van der Waals surface area contributed by atoms with Crippen LogP contribution in [0.1, 0.15) is 0 Å². The molecular formula is C21H18N2O. The molecular weight excluding hydrogens is 296 g/mol. The highest BCUT2D eigenvalue weighted by atomic mass is 16.3. The molecule has 118 valence electrons. The monoisotopic (exact) mass is 314 g/mol. The highest BCUT2D eigenvalue weighted by molar-refractivity contribution is 5.82. The lowest BCUT2D eigenvalue weighted by molar-refractivity contribution is 0.620. The van der Waals surface area contributed by atoms with E-state index in [9.17, 15) is 0 Å². The molecule has 1 aromatic heterocycles. The van der Waals surface area contributed by atoms with Gasteiger partial charge in [-0.25, -0.2) is 4.98 Å². The maximum absolute atomic E-state index is 5.92. The van der Waals surface area contributed by atoms with Crippen LogP contribution in [-0.4, -0.2) is 19.1 Å². The molecule has 4 rings (SSSR count). The van der Waals surface area contributed by atoms with E-state index >= 15 is 0 Å². The van der Waals surface area contributed by atoms with Crippen molar-refractivity contribution in [3.63, 3.8) is 0 Å². The molecule has 0 radical (unpaired) electrons. The largest absolute Gasteiger partial charge is 0.436 e. The van der Waals surface area contributed by atoms with Gasteiger partial charge in [0.1, 0.15) is 5.52 Å². The van der Waals surface area contributed by atoms with Crippen molar-refractivity contribution in [2.24, 2.45) is 0 Å². The molecule has 0 atom stereocenters. The summed E-state index contributed by atoms with van der Waals surface area (Å²) in [5.41, 5.74) is 6.15. The fourth-order valence-electron chi connectivity index (χ4n) is 2.76. The Bertz CT molecular complexity index is 970. The Kier molecular flexibility index (Phi) is 3.54. The van der Waals surface area contributed by atoms with E-state index < -0.39 is 0 Å². The molecule has 0 aliphatic carbocycles. The maximum atomic E-state index is 5.92. The molecule has 0 spiro atoms. The van der Waals surface area contributed by atoms with Crippen molar-refractivity contribution >= 4 is 16.8 Å². The van der Waals surface area contributed by atoms with Crippen LogP contribution in [0.15, 0.2) is 77.2 Å². The van der Waals surface area contributed by atoms with Crippen molar-refractivity contribution in [3.8, 4) is 22.6 Å². The van der Waals surface area contributed by atoms with Crippen LogP contribution in [0.4, 0.5) is 5.69 Å². The molecule has 0 unspecified atom stereocenters. The molecule has 0 bridgehead atoms. The molecule has 3 nitrogen and oxygen atoms in total. The second kappa shape index (κ2) is 5.85. The number of anilines is 1. The van der Waals surface area contributed by atoms with Crippen molar-refractivity contribution in [2.45, 2.75) is 0 Å². The van der Waals surface area contributed by atoms with Gasteiger partial charge in [0.15, 0.2) is 5.58 Å². The van der Waals surface area contributed by atoms with Crippen LogP contribution in [0.3, 0.4) is 0 Å². The number of benzene rings is 3. The Morgan fingerprint density at radius 2 is 1.46 bits per heavy atom. The Morgan fingerprint density at radius 1 is 0.750 bits per heavy atom. The minimum Gasteiger partial charge on any atom is -0.436 e. The highest BCUT2D eigenvalue weighted by Crippen LogP contribution is 2.29. The van der Waals surface area contributed by atoms with Crippen LogP contribution < -0.4 is 4.90 Å². The first-order valence-corrected chi connectivity index (χ1v) is 7.94. The van der Waals surface area contributed by atoms with Gasteiger partial charge in [-0.3, -0.25) is 0 Å². The standard InChI is InChI=1S/C21H18N2O/c1-23(2)18-11-8-16(9-12-18)21-22-19-14-17(10-13-20(19)24-21)15-6-4-3-5-7-15/h3-14H,1-2H3.